The van der Waals surface area contributed by atoms with Crippen molar-refractivity contribution in [3.8, 4) is 28.3 Å². The Bertz CT molecular complexity index is 1080. The number of benzene rings is 3. The van der Waals surface area contributed by atoms with Crippen LogP contribution in [0, 0.1) is 11.3 Å². The molecule has 5 heteroatoms. The largest absolute Gasteiger partial charge is 0.337 e. The lowest BCUT2D eigenvalue weighted by Gasteiger charge is -2.18. The molecule has 0 aliphatic carbocycles. The molecule has 4 rings (SSSR count). The molecule has 0 saturated carbocycles. The highest BCUT2D eigenvalue weighted by Crippen LogP contribution is 2.34. The predicted molar refractivity (Wildman–Crippen MR) is 116 cm³/mol. The second kappa shape index (κ2) is 8.08. The van der Waals surface area contributed by atoms with Crippen LogP contribution in [0.1, 0.15) is 22.3 Å². The summed E-state index contributed by atoms with van der Waals surface area (Å²) in [7, 11) is 0. The first-order valence-electron chi connectivity index (χ1n) is 9.50. The van der Waals surface area contributed by atoms with Crippen molar-refractivity contribution in [3.63, 3.8) is 0 Å². The Balaban J connectivity index is 1.79. The van der Waals surface area contributed by atoms with Crippen molar-refractivity contribution in [1.29, 1.82) is 5.26 Å². The lowest BCUT2D eigenvalue weighted by atomic mass is 9.92. The zero-order valence-corrected chi connectivity index (χ0v) is 16.6. The Morgan fingerprint density at radius 3 is 2.28 bits per heavy atom. The Kier molecular flexibility index (Phi) is 5.35. The standard InChI is InChI=1S/C24H20ClN3O/c25-20-8-5-17(6-9-20)22-10-7-19(24(29)28-12-11-21(27)15-28)13-23(22)18-3-1-16(14-26)2-4-18/h1-10,13,21H,11-12,15,27H2/t21-/m0/s1. The van der Waals surface area contributed by atoms with Crippen LogP contribution in [0.4, 0.5) is 0 Å². The molecule has 3 aromatic rings. The predicted octanol–water partition coefficient (Wildman–Crippen LogP) is 4.72. The maximum absolute atomic E-state index is 13.0. The molecule has 1 saturated heterocycles. The van der Waals surface area contributed by atoms with Crippen LogP contribution < -0.4 is 5.73 Å². The molecule has 144 valence electrons. The van der Waals surface area contributed by atoms with Crippen molar-refractivity contribution in [3.05, 3.63) is 82.9 Å². The van der Waals surface area contributed by atoms with Gasteiger partial charge in [0, 0.05) is 29.7 Å². The van der Waals surface area contributed by atoms with Crippen LogP contribution in [-0.2, 0) is 0 Å². The lowest BCUT2D eigenvalue weighted by molar-refractivity contribution is 0.0791. The summed E-state index contributed by atoms with van der Waals surface area (Å²) in [5.74, 6) is -0.00417. The smallest absolute Gasteiger partial charge is 0.253 e. The van der Waals surface area contributed by atoms with Gasteiger partial charge in [-0.15, -0.1) is 0 Å². The Morgan fingerprint density at radius 1 is 1.00 bits per heavy atom. The van der Waals surface area contributed by atoms with Gasteiger partial charge in [0.2, 0.25) is 0 Å². The number of amides is 1. The van der Waals surface area contributed by atoms with Gasteiger partial charge in [-0.1, -0.05) is 41.9 Å². The highest BCUT2D eigenvalue weighted by molar-refractivity contribution is 6.30. The van der Waals surface area contributed by atoms with Gasteiger partial charge in [0.05, 0.1) is 11.6 Å². The van der Waals surface area contributed by atoms with Crippen LogP contribution in [0.15, 0.2) is 66.7 Å². The SMILES string of the molecule is N#Cc1ccc(-c2cc(C(=O)N3CC[C@H](N)C3)ccc2-c2ccc(Cl)cc2)cc1. The molecule has 0 spiro atoms. The average molecular weight is 402 g/mol. The topological polar surface area (TPSA) is 70.1 Å². The molecular formula is C24H20ClN3O. The van der Waals surface area contributed by atoms with E-state index >= 15 is 0 Å². The van der Waals surface area contributed by atoms with Gasteiger partial charge in [-0.25, -0.2) is 0 Å². The quantitative estimate of drug-likeness (QED) is 0.690. The zero-order valence-electron chi connectivity index (χ0n) is 15.8. The van der Waals surface area contributed by atoms with Gasteiger partial charge < -0.3 is 10.6 Å². The third-order valence-electron chi connectivity index (χ3n) is 5.26. The summed E-state index contributed by atoms with van der Waals surface area (Å²) in [4.78, 5) is 14.8. The fourth-order valence-corrected chi connectivity index (χ4v) is 3.80. The maximum Gasteiger partial charge on any atom is 0.253 e. The summed E-state index contributed by atoms with van der Waals surface area (Å²) in [6, 6.07) is 23.0. The molecule has 0 radical (unpaired) electrons. The number of hydrogen-bond donors (Lipinski definition) is 1. The van der Waals surface area contributed by atoms with Gasteiger partial charge in [0.1, 0.15) is 0 Å². The van der Waals surface area contributed by atoms with E-state index in [2.05, 4.69) is 6.07 Å². The fourth-order valence-electron chi connectivity index (χ4n) is 3.68. The highest BCUT2D eigenvalue weighted by Gasteiger charge is 2.25. The van der Waals surface area contributed by atoms with Crippen molar-refractivity contribution >= 4 is 17.5 Å². The number of likely N-dealkylation sites (tertiary alicyclic amines) is 1. The molecule has 0 unspecified atom stereocenters. The van der Waals surface area contributed by atoms with Crippen molar-refractivity contribution in [1.82, 2.24) is 4.90 Å². The Labute approximate surface area is 175 Å². The van der Waals surface area contributed by atoms with Gasteiger partial charge in [0.25, 0.3) is 5.91 Å². The van der Waals surface area contributed by atoms with E-state index < -0.39 is 0 Å². The molecule has 2 N–H and O–H groups in total. The Hall–Kier alpha value is -3.13. The number of nitriles is 1. The molecule has 1 fully saturated rings. The molecule has 1 amide bonds. The van der Waals surface area contributed by atoms with E-state index in [9.17, 15) is 4.79 Å². The maximum atomic E-state index is 13.0. The van der Waals surface area contributed by atoms with Crippen LogP contribution in [0.3, 0.4) is 0 Å². The summed E-state index contributed by atoms with van der Waals surface area (Å²) in [5.41, 5.74) is 11.1. The summed E-state index contributed by atoms with van der Waals surface area (Å²) in [6.07, 6.45) is 0.830. The van der Waals surface area contributed by atoms with E-state index in [1.165, 1.54) is 0 Å². The number of carbonyl (C=O) groups excluding carboxylic acids is 1. The first-order chi connectivity index (χ1) is 14.0. The number of nitrogens with zero attached hydrogens (tertiary/aromatic N) is 2. The van der Waals surface area contributed by atoms with Crippen molar-refractivity contribution < 1.29 is 4.79 Å². The number of carbonyl (C=O) groups is 1. The van der Waals surface area contributed by atoms with E-state index in [0.717, 1.165) is 28.7 Å². The fraction of sp³-hybridized carbons (Fsp3) is 0.167. The highest BCUT2D eigenvalue weighted by atomic mass is 35.5. The Morgan fingerprint density at radius 2 is 1.66 bits per heavy atom. The molecule has 0 aromatic heterocycles. The van der Waals surface area contributed by atoms with Crippen molar-refractivity contribution in [2.45, 2.75) is 12.5 Å². The summed E-state index contributed by atoms with van der Waals surface area (Å²) in [6.45, 7) is 1.27. The summed E-state index contributed by atoms with van der Waals surface area (Å²) in [5, 5.41) is 9.77. The molecule has 1 aliphatic rings. The zero-order chi connectivity index (χ0) is 20.4. The van der Waals surface area contributed by atoms with E-state index in [1.54, 1.807) is 12.1 Å². The molecule has 1 atom stereocenters. The molecular weight excluding hydrogens is 382 g/mol. The van der Waals surface area contributed by atoms with Crippen molar-refractivity contribution in [2.75, 3.05) is 13.1 Å². The van der Waals surface area contributed by atoms with Gasteiger partial charge >= 0.3 is 0 Å². The van der Waals surface area contributed by atoms with Gasteiger partial charge in [0.15, 0.2) is 0 Å². The van der Waals surface area contributed by atoms with Gasteiger partial charge in [-0.2, -0.15) is 5.26 Å². The third kappa shape index (κ3) is 4.02. The van der Waals surface area contributed by atoms with E-state index in [1.807, 2.05) is 59.5 Å². The van der Waals surface area contributed by atoms with Crippen molar-refractivity contribution in [2.24, 2.45) is 5.73 Å². The van der Waals surface area contributed by atoms with Crippen LogP contribution in [0.25, 0.3) is 22.3 Å². The molecule has 29 heavy (non-hydrogen) atoms. The first kappa shape index (κ1) is 19.2. The minimum Gasteiger partial charge on any atom is -0.337 e. The molecule has 0 bridgehead atoms. The van der Waals surface area contributed by atoms with E-state index in [-0.39, 0.29) is 11.9 Å². The van der Waals surface area contributed by atoms with Crippen LogP contribution in [0.2, 0.25) is 5.02 Å². The number of rotatable bonds is 3. The lowest BCUT2D eigenvalue weighted by Crippen LogP contribution is -2.31. The van der Waals surface area contributed by atoms with Crippen LogP contribution >= 0.6 is 11.6 Å². The van der Waals surface area contributed by atoms with Crippen LogP contribution in [-0.4, -0.2) is 29.9 Å². The molecule has 1 aliphatic heterocycles. The average Bonchev–Trinajstić information content (AvgIpc) is 3.20. The van der Waals surface area contributed by atoms with Gasteiger partial charge in [-0.3, -0.25) is 4.79 Å². The molecule has 4 nitrogen and oxygen atoms in total. The second-order valence-electron chi connectivity index (χ2n) is 7.26. The molecule has 1 heterocycles. The third-order valence-corrected chi connectivity index (χ3v) is 5.51. The number of hydrogen-bond acceptors (Lipinski definition) is 3. The number of nitrogens with two attached hydrogens (primary N) is 1. The minimum absolute atomic E-state index is 0.00417. The minimum atomic E-state index is -0.00417. The normalized spacial score (nSPS) is 15.9. The second-order valence-corrected chi connectivity index (χ2v) is 7.69. The summed E-state index contributed by atoms with van der Waals surface area (Å²) >= 11 is 6.05. The van der Waals surface area contributed by atoms with E-state index in [4.69, 9.17) is 22.6 Å². The van der Waals surface area contributed by atoms with Gasteiger partial charge in [-0.05, 0) is 65.1 Å². The number of halogens is 1. The monoisotopic (exact) mass is 401 g/mol. The summed E-state index contributed by atoms with van der Waals surface area (Å²) < 4.78 is 0. The first-order valence-corrected chi connectivity index (χ1v) is 9.88. The molecule has 3 aromatic carbocycles. The van der Waals surface area contributed by atoms with E-state index in [0.29, 0.717) is 29.2 Å². The van der Waals surface area contributed by atoms with Crippen LogP contribution in [0.5, 0.6) is 0 Å².